The van der Waals surface area contributed by atoms with Crippen LogP contribution in [0.3, 0.4) is 0 Å². The van der Waals surface area contributed by atoms with Crippen molar-refractivity contribution in [2.75, 3.05) is 6.54 Å². The highest BCUT2D eigenvalue weighted by molar-refractivity contribution is 4.99. The Labute approximate surface area is 50.5 Å². The number of nitrogens with one attached hydrogen (secondary N) is 1. The monoisotopic (exact) mass is 109 g/mol. The first kappa shape index (κ1) is 5.65. The van der Waals surface area contributed by atoms with Crippen LogP contribution in [0.2, 0.25) is 0 Å². The van der Waals surface area contributed by atoms with Crippen LogP contribution < -0.4 is 5.32 Å². The minimum Gasteiger partial charge on any atom is -0.304 e. The largest absolute Gasteiger partial charge is 0.304 e. The highest BCUT2D eigenvalue weighted by atomic mass is 14.9. The van der Waals surface area contributed by atoms with Crippen LogP contribution in [-0.2, 0) is 0 Å². The molecule has 8 heavy (non-hydrogen) atoms. The molecule has 0 aromatic rings. The Kier molecular flexibility index (Phi) is 1.93. The van der Waals surface area contributed by atoms with E-state index in [1.165, 1.54) is 12.8 Å². The predicted molar refractivity (Wildman–Crippen MR) is 34.5 cm³/mol. The van der Waals surface area contributed by atoms with Crippen molar-refractivity contribution in [3.8, 4) is 12.3 Å². The second kappa shape index (κ2) is 2.74. The molecule has 0 radical (unpaired) electrons. The van der Waals surface area contributed by atoms with Gasteiger partial charge >= 0.3 is 0 Å². The highest BCUT2D eigenvalue weighted by Crippen LogP contribution is 2.04. The molecule has 1 nitrogen and oxygen atoms in total. The van der Waals surface area contributed by atoms with E-state index in [0.717, 1.165) is 13.0 Å². The lowest BCUT2D eigenvalue weighted by molar-refractivity contribution is 0.464. The lowest BCUT2D eigenvalue weighted by Crippen LogP contribution is -2.32. The van der Waals surface area contributed by atoms with Crippen molar-refractivity contribution in [3.63, 3.8) is 0 Å². The Morgan fingerprint density at radius 2 is 2.38 bits per heavy atom. The van der Waals surface area contributed by atoms with E-state index in [-0.39, 0.29) is 0 Å². The molecule has 0 spiro atoms. The van der Waals surface area contributed by atoms with E-state index in [9.17, 15) is 0 Å². The molecule has 0 aliphatic carbocycles. The maximum atomic E-state index is 5.19. The molecule has 1 heteroatoms. The SMILES string of the molecule is C#C[C@H]1CCCCN1. The first-order valence-corrected chi connectivity index (χ1v) is 3.13. The van der Waals surface area contributed by atoms with Gasteiger partial charge in [-0.1, -0.05) is 5.92 Å². The average Bonchev–Trinajstić information content (AvgIpc) is 1.90. The molecule has 0 bridgehead atoms. The van der Waals surface area contributed by atoms with Crippen molar-refractivity contribution < 1.29 is 0 Å². The van der Waals surface area contributed by atoms with Gasteiger partial charge in [0.25, 0.3) is 0 Å². The lowest BCUT2D eigenvalue weighted by Gasteiger charge is -2.17. The van der Waals surface area contributed by atoms with Crippen LogP contribution in [0.4, 0.5) is 0 Å². The van der Waals surface area contributed by atoms with Crippen molar-refractivity contribution in [3.05, 3.63) is 0 Å². The van der Waals surface area contributed by atoms with Gasteiger partial charge in [-0.25, -0.2) is 0 Å². The van der Waals surface area contributed by atoms with Crippen LogP contribution in [-0.4, -0.2) is 12.6 Å². The summed E-state index contributed by atoms with van der Waals surface area (Å²) in [7, 11) is 0. The second-order valence-corrected chi connectivity index (χ2v) is 2.17. The maximum Gasteiger partial charge on any atom is 0.0686 e. The van der Waals surface area contributed by atoms with Crippen molar-refractivity contribution in [1.82, 2.24) is 5.32 Å². The van der Waals surface area contributed by atoms with Gasteiger partial charge in [0.05, 0.1) is 6.04 Å². The Hall–Kier alpha value is -0.480. The quantitative estimate of drug-likeness (QED) is 0.453. The summed E-state index contributed by atoms with van der Waals surface area (Å²) < 4.78 is 0. The van der Waals surface area contributed by atoms with E-state index in [1.807, 2.05) is 0 Å². The van der Waals surface area contributed by atoms with Crippen molar-refractivity contribution in [1.29, 1.82) is 0 Å². The van der Waals surface area contributed by atoms with Gasteiger partial charge in [-0.15, -0.1) is 6.42 Å². The maximum absolute atomic E-state index is 5.19. The summed E-state index contributed by atoms with van der Waals surface area (Å²) in [6, 6.07) is 0.365. The molecule has 1 aliphatic heterocycles. The third kappa shape index (κ3) is 1.24. The van der Waals surface area contributed by atoms with E-state index in [2.05, 4.69) is 11.2 Å². The van der Waals surface area contributed by atoms with Gasteiger partial charge in [0.1, 0.15) is 0 Å². The van der Waals surface area contributed by atoms with Crippen LogP contribution in [0.25, 0.3) is 0 Å². The number of rotatable bonds is 0. The zero-order valence-electron chi connectivity index (χ0n) is 4.98. The van der Waals surface area contributed by atoms with Gasteiger partial charge in [0, 0.05) is 0 Å². The first-order valence-electron chi connectivity index (χ1n) is 3.13. The van der Waals surface area contributed by atoms with E-state index >= 15 is 0 Å². The molecular weight excluding hydrogens is 98.1 g/mol. The van der Waals surface area contributed by atoms with Gasteiger partial charge in [-0.3, -0.25) is 0 Å². The van der Waals surface area contributed by atoms with Gasteiger partial charge in [0.15, 0.2) is 0 Å². The van der Waals surface area contributed by atoms with Gasteiger partial charge in [-0.2, -0.15) is 0 Å². The number of hydrogen-bond acceptors (Lipinski definition) is 1. The zero-order valence-corrected chi connectivity index (χ0v) is 4.98. The third-order valence-electron chi connectivity index (χ3n) is 1.51. The van der Waals surface area contributed by atoms with Gasteiger partial charge < -0.3 is 5.32 Å². The molecule has 0 aromatic carbocycles. The molecule has 1 aliphatic rings. The summed E-state index contributed by atoms with van der Waals surface area (Å²) in [6.45, 7) is 1.11. The van der Waals surface area contributed by atoms with E-state index < -0.39 is 0 Å². The summed E-state index contributed by atoms with van der Waals surface area (Å²) in [5.74, 6) is 2.69. The average molecular weight is 109 g/mol. The smallest absolute Gasteiger partial charge is 0.0686 e. The van der Waals surface area contributed by atoms with Crippen LogP contribution >= 0.6 is 0 Å². The molecule has 0 saturated carbocycles. The molecule has 0 amide bonds. The molecule has 1 saturated heterocycles. The molecule has 44 valence electrons. The standard InChI is InChI=1S/C7H11N/c1-2-7-5-3-4-6-8-7/h1,7-8H,3-6H2/t7-/m0/s1. The zero-order chi connectivity index (χ0) is 5.82. The molecule has 1 atom stereocenters. The van der Waals surface area contributed by atoms with Crippen molar-refractivity contribution in [2.45, 2.75) is 25.3 Å². The number of hydrogen-bond donors (Lipinski definition) is 1. The van der Waals surface area contributed by atoms with Crippen LogP contribution in [0.5, 0.6) is 0 Å². The third-order valence-corrected chi connectivity index (χ3v) is 1.51. The summed E-state index contributed by atoms with van der Waals surface area (Å²) in [4.78, 5) is 0. The van der Waals surface area contributed by atoms with Gasteiger partial charge in [0.2, 0.25) is 0 Å². The van der Waals surface area contributed by atoms with Crippen LogP contribution in [0.15, 0.2) is 0 Å². The predicted octanol–water partition coefficient (Wildman–Crippen LogP) is 0.762. The lowest BCUT2D eigenvalue weighted by atomic mass is 10.1. The molecule has 1 heterocycles. The second-order valence-electron chi connectivity index (χ2n) is 2.17. The molecule has 0 unspecified atom stereocenters. The fourth-order valence-electron chi connectivity index (χ4n) is 0.994. The Bertz CT molecular complexity index is 95.4. The molecule has 0 aromatic heterocycles. The van der Waals surface area contributed by atoms with Crippen molar-refractivity contribution >= 4 is 0 Å². The first-order chi connectivity index (χ1) is 3.93. The fraction of sp³-hybridized carbons (Fsp3) is 0.714. The topological polar surface area (TPSA) is 12.0 Å². The van der Waals surface area contributed by atoms with E-state index in [0.29, 0.717) is 6.04 Å². The minimum absolute atomic E-state index is 0.365. The van der Waals surface area contributed by atoms with Gasteiger partial charge in [-0.05, 0) is 25.8 Å². The van der Waals surface area contributed by atoms with E-state index in [1.54, 1.807) is 0 Å². The van der Waals surface area contributed by atoms with Crippen LogP contribution in [0, 0.1) is 12.3 Å². The summed E-state index contributed by atoms with van der Waals surface area (Å²) in [6.07, 6.45) is 8.94. The summed E-state index contributed by atoms with van der Waals surface area (Å²) in [5.41, 5.74) is 0. The normalized spacial score (nSPS) is 29.1. The molecular formula is C7H11N. The number of terminal acetylenes is 1. The molecule has 1 fully saturated rings. The fourth-order valence-corrected chi connectivity index (χ4v) is 0.994. The summed E-state index contributed by atoms with van der Waals surface area (Å²) >= 11 is 0. The Morgan fingerprint density at radius 1 is 1.50 bits per heavy atom. The summed E-state index contributed by atoms with van der Waals surface area (Å²) in [5, 5.41) is 3.23. The molecule has 1 rings (SSSR count). The van der Waals surface area contributed by atoms with Crippen molar-refractivity contribution in [2.24, 2.45) is 0 Å². The molecule has 1 N–H and O–H groups in total. The minimum atomic E-state index is 0.365. The van der Waals surface area contributed by atoms with E-state index in [4.69, 9.17) is 6.42 Å². The number of piperidine rings is 1. The van der Waals surface area contributed by atoms with Crippen LogP contribution in [0.1, 0.15) is 19.3 Å². The Morgan fingerprint density at radius 3 is 2.75 bits per heavy atom. The Balaban J connectivity index is 2.25. The highest BCUT2D eigenvalue weighted by Gasteiger charge is 2.07.